The minimum atomic E-state index is -3.42. The van der Waals surface area contributed by atoms with Crippen LogP contribution in [-0.2, 0) is 18.3 Å². The number of ketones is 1. The summed E-state index contributed by atoms with van der Waals surface area (Å²) >= 11 is 0. The summed E-state index contributed by atoms with van der Waals surface area (Å²) in [4.78, 5) is 28.4. The SMILES string of the molecule is CCCCOc1cc(-c2ccc(P(=O)(OC)OC)cc2)ccc1[C@@H]1[C@@H](/C=C/C(=O)c2ccc(F)cc2)OC(=O)N1c1ccc(-c2ccccc2)cc1. The number of ether oxygens (including phenoxy) is 2. The molecule has 0 aliphatic carbocycles. The molecule has 0 radical (unpaired) electrons. The van der Waals surface area contributed by atoms with E-state index in [9.17, 15) is 18.5 Å². The van der Waals surface area contributed by atoms with Crippen LogP contribution in [0.3, 0.4) is 0 Å². The quantitative estimate of drug-likeness (QED) is 0.0488. The topological polar surface area (TPSA) is 91.4 Å². The number of nitrogens with zero attached hydrogens (tertiary/aromatic N) is 1. The van der Waals surface area contributed by atoms with Gasteiger partial charge >= 0.3 is 13.7 Å². The molecule has 1 saturated heterocycles. The number of hydrogen-bond donors (Lipinski definition) is 0. The Morgan fingerprint density at radius 3 is 2.10 bits per heavy atom. The highest BCUT2D eigenvalue weighted by Gasteiger charge is 2.44. The number of carbonyl (C=O) groups excluding carboxylic acids is 2. The number of benzene rings is 5. The average molecular weight is 720 g/mol. The molecule has 1 aliphatic rings. The average Bonchev–Trinajstić information content (AvgIpc) is 3.52. The number of unbranched alkanes of at least 4 members (excludes halogenated alkanes) is 1. The predicted octanol–water partition coefficient (Wildman–Crippen LogP) is 9.96. The molecule has 1 fully saturated rings. The van der Waals surface area contributed by atoms with E-state index in [0.717, 1.165) is 35.1 Å². The Bertz CT molecular complexity index is 2080. The molecule has 0 unspecified atom stereocenters. The first-order valence-electron chi connectivity index (χ1n) is 17.0. The van der Waals surface area contributed by atoms with Gasteiger partial charge in [0, 0.05) is 31.0 Å². The van der Waals surface area contributed by atoms with Crippen molar-refractivity contribution in [1.29, 1.82) is 0 Å². The largest absolute Gasteiger partial charge is 0.493 e. The van der Waals surface area contributed by atoms with Gasteiger partial charge in [0.1, 0.15) is 23.7 Å². The van der Waals surface area contributed by atoms with Crippen molar-refractivity contribution in [3.05, 3.63) is 150 Å². The third kappa shape index (κ3) is 7.92. The zero-order valence-electron chi connectivity index (χ0n) is 29.1. The number of allylic oxidation sites excluding steroid dienone is 1. The van der Waals surface area contributed by atoms with E-state index >= 15 is 0 Å². The minimum absolute atomic E-state index is 0.304. The van der Waals surface area contributed by atoms with Crippen LogP contribution in [0.1, 0.15) is 41.7 Å². The second-order valence-electron chi connectivity index (χ2n) is 12.2. The Labute approximate surface area is 303 Å². The number of hydrogen-bond acceptors (Lipinski definition) is 7. The van der Waals surface area contributed by atoms with Gasteiger partial charge in [0.25, 0.3) is 0 Å². The Balaban J connectivity index is 1.41. The molecule has 6 rings (SSSR count). The van der Waals surface area contributed by atoms with Gasteiger partial charge in [-0.05, 0) is 95.4 Å². The van der Waals surface area contributed by atoms with Crippen molar-refractivity contribution in [2.24, 2.45) is 0 Å². The van der Waals surface area contributed by atoms with Gasteiger partial charge in [0.2, 0.25) is 0 Å². The van der Waals surface area contributed by atoms with E-state index in [0.29, 0.717) is 34.5 Å². The van der Waals surface area contributed by atoms with Crippen LogP contribution in [0.25, 0.3) is 22.3 Å². The number of amides is 1. The lowest BCUT2D eigenvalue weighted by atomic mass is 9.95. The lowest BCUT2D eigenvalue weighted by Gasteiger charge is -2.26. The van der Waals surface area contributed by atoms with E-state index in [1.54, 1.807) is 23.1 Å². The second kappa shape index (κ2) is 16.3. The molecular weight excluding hydrogens is 680 g/mol. The second-order valence-corrected chi connectivity index (χ2v) is 14.4. The van der Waals surface area contributed by atoms with E-state index in [4.69, 9.17) is 18.5 Å². The van der Waals surface area contributed by atoms with Crippen LogP contribution in [0, 0.1) is 5.82 Å². The Morgan fingerprint density at radius 1 is 0.827 bits per heavy atom. The number of carbonyl (C=O) groups is 2. The molecule has 5 aromatic carbocycles. The van der Waals surface area contributed by atoms with Crippen molar-refractivity contribution >= 4 is 30.5 Å². The molecule has 8 nitrogen and oxygen atoms in total. The molecule has 0 saturated carbocycles. The van der Waals surface area contributed by atoms with Gasteiger partial charge in [0.15, 0.2) is 5.78 Å². The molecule has 5 aromatic rings. The summed E-state index contributed by atoms with van der Waals surface area (Å²) in [5.41, 5.74) is 5.28. The van der Waals surface area contributed by atoms with Crippen LogP contribution in [0.5, 0.6) is 5.75 Å². The predicted molar refractivity (Wildman–Crippen MR) is 201 cm³/mol. The smallest absolute Gasteiger partial charge is 0.415 e. The molecule has 52 heavy (non-hydrogen) atoms. The third-order valence-corrected chi connectivity index (χ3v) is 10.8. The van der Waals surface area contributed by atoms with Gasteiger partial charge in [-0.25, -0.2) is 9.18 Å². The number of halogens is 1. The third-order valence-electron chi connectivity index (χ3n) is 8.93. The van der Waals surface area contributed by atoms with Crippen molar-refractivity contribution in [1.82, 2.24) is 0 Å². The van der Waals surface area contributed by atoms with Crippen LogP contribution in [0.4, 0.5) is 14.9 Å². The highest BCUT2D eigenvalue weighted by atomic mass is 31.2. The summed E-state index contributed by atoms with van der Waals surface area (Å²) in [5.74, 6) is -0.253. The minimum Gasteiger partial charge on any atom is -0.493 e. The standard InChI is InChI=1S/C42H39FNO7P/c1-4-5-27-50-40-28-33(31-15-22-36(23-16-31)52(47,48-2)49-3)17-24-37(40)41-39(26-25-38(45)32-11-18-34(43)19-12-32)51-42(46)44(41)35-20-13-30(14-21-35)29-9-7-6-8-10-29/h6-26,28,39,41H,4-5,27H2,1-3H3/b26-25+/t39-,41-/m1/s1. The Morgan fingerprint density at radius 2 is 1.44 bits per heavy atom. The number of cyclic esters (lactones) is 1. The van der Waals surface area contributed by atoms with E-state index in [1.165, 1.54) is 44.6 Å². The molecule has 1 amide bonds. The Kier molecular flexibility index (Phi) is 11.5. The van der Waals surface area contributed by atoms with Crippen molar-refractivity contribution in [2.75, 3.05) is 25.7 Å². The molecule has 0 N–H and O–H groups in total. The number of rotatable bonds is 14. The van der Waals surface area contributed by atoms with Crippen LogP contribution >= 0.6 is 7.60 Å². The maximum absolute atomic E-state index is 13.8. The maximum atomic E-state index is 13.8. The highest BCUT2D eigenvalue weighted by molar-refractivity contribution is 7.62. The van der Waals surface area contributed by atoms with Gasteiger partial charge in [-0.3, -0.25) is 14.3 Å². The van der Waals surface area contributed by atoms with Gasteiger partial charge in [-0.2, -0.15) is 0 Å². The molecule has 0 aromatic heterocycles. The molecular formula is C42H39FNO7P. The monoisotopic (exact) mass is 719 g/mol. The van der Waals surface area contributed by atoms with Crippen molar-refractivity contribution in [3.63, 3.8) is 0 Å². The van der Waals surface area contributed by atoms with Crippen LogP contribution in [-0.4, -0.2) is 38.8 Å². The fraction of sp³-hybridized carbons (Fsp3) is 0.190. The zero-order valence-corrected chi connectivity index (χ0v) is 30.0. The van der Waals surface area contributed by atoms with E-state index < -0.39 is 31.7 Å². The summed E-state index contributed by atoms with van der Waals surface area (Å²) in [7, 11) is -0.737. The van der Waals surface area contributed by atoms with Gasteiger partial charge in [-0.15, -0.1) is 0 Å². The molecule has 10 heteroatoms. The molecule has 1 aliphatic heterocycles. The highest BCUT2D eigenvalue weighted by Crippen LogP contribution is 2.46. The first-order chi connectivity index (χ1) is 25.2. The fourth-order valence-electron chi connectivity index (χ4n) is 6.09. The molecule has 1 heterocycles. The van der Waals surface area contributed by atoms with E-state index in [2.05, 4.69) is 6.92 Å². The lowest BCUT2D eigenvalue weighted by Crippen LogP contribution is -2.29. The molecule has 0 spiro atoms. The van der Waals surface area contributed by atoms with Gasteiger partial charge < -0.3 is 18.5 Å². The first kappa shape index (κ1) is 36.5. The maximum Gasteiger partial charge on any atom is 0.415 e. The normalized spacial score (nSPS) is 15.9. The summed E-state index contributed by atoms with van der Waals surface area (Å²) < 4.78 is 49.1. The summed E-state index contributed by atoms with van der Waals surface area (Å²) in [6.45, 7) is 2.51. The van der Waals surface area contributed by atoms with Crippen molar-refractivity contribution < 1.29 is 37.1 Å². The summed E-state index contributed by atoms with van der Waals surface area (Å²) in [6, 6.07) is 35.0. The fourth-order valence-corrected chi connectivity index (χ4v) is 7.18. The summed E-state index contributed by atoms with van der Waals surface area (Å²) in [5, 5.41) is 0.428. The van der Waals surface area contributed by atoms with Crippen molar-refractivity contribution in [3.8, 4) is 28.0 Å². The van der Waals surface area contributed by atoms with E-state index in [1.807, 2.05) is 84.9 Å². The van der Waals surface area contributed by atoms with Gasteiger partial charge in [-0.1, -0.05) is 80.1 Å². The van der Waals surface area contributed by atoms with Gasteiger partial charge in [0.05, 0.1) is 11.9 Å². The zero-order chi connectivity index (χ0) is 36.7. The van der Waals surface area contributed by atoms with Crippen LogP contribution in [0.2, 0.25) is 0 Å². The molecule has 266 valence electrons. The Hall–Kier alpha value is -5.34. The number of anilines is 1. The summed E-state index contributed by atoms with van der Waals surface area (Å²) in [6.07, 6.45) is 3.19. The van der Waals surface area contributed by atoms with Crippen LogP contribution < -0.4 is 14.9 Å². The molecule has 2 atom stereocenters. The van der Waals surface area contributed by atoms with Crippen molar-refractivity contribution in [2.45, 2.75) is 31.9 Å². The first-order valence-corrected chi connectivity index (χ1v) is 18.5. The van der Waals surface area contributed by atoms with E-state index in [-0.39, 0.29) is 5.78 Å². The lowest BCUT2D eigenvalue weighted by molar-refractivity contribution is 0.104. The molecule has 0 bridgehead atoms. The van der Waals surface area contributed by atoms with Crippen LogP contribution in [0.15, 0.2) is 133 Å².